The smallest absolute Gasteiger partial charge is 0.238 e. The molecule has 0 bridgehead atoms. The van der Waals surface area contributed by atoms with E-state index < -0.39 is 10.0 Å². The molecule has 106 valence electrons. The molecular formula is C11H17N3O4S. The summed E-state index contributed by atoms with van der Waals surface area (Å²) in [6, 6.07) is 3.66. The third-order valence-corrected chi connectivity index (χ3v) is 3.19. The third kappa shape index (κ3) is 4.51. The van der Waals surface area contributed by atoms with Crippen molar-refractivity contribution < 1.29 is 17.9 Å². The molecule has 8 heteroatoms. The maximum Gasteiger partial charge on any atom is 0.238 e. The maximum absolute atomic E-state index is 11.6. The van der Waals surface area contributed by atoms with Crippen molar-refractivity contribution >= 4 is 21.6 Å². The fourth-order valence-corrected chi connectivity index (χ4v) is 2.00. The zero-order chi connectivity index (χ0) is 14.6. The first-order valence-corrected chi connectivity index (χ1v) is 7.05. The zero-order valence-electron chi connectivity index (χ0n) is 10.7. The molecule has 1 atom stereocenters. The van der Waals surface area contributed by atoms with Crippen LogP contribution in [0.5, 0.6) is 5.75 Å². The second-order valence-corrected chi connectivity index (χ2v) is 5.70. The molecule has 19 heavy (non-hydrogen) atoms. The van der Waals surface area contributed by atoms with Gasteiger partial charge in [-0.15, -0.1) is 0 Å². The molecule has 1 unspecified atom stereocenters. The van der Waals surface area contributed by atoms with Gasteiger partial charge in [-0.05, 0) is 25.1 Å². The van der Waals surface area contributed by atoms with Crippen molar-refractivity contribution in [2.45, 2.75) is 24.3 Å². The lowest BCUT2D eigenvalue weighted by atomic mass is 10.2. The number of carbonyl (C=O) groups excluding carboxylic acids is 1. The number of primary sulfonamides is 1. The molecule has 0 aromatic heterocycles. The molecule has 0 spiro atoms. The SMILES string of the molecule is COc1ccc(S(N)(=O)=O)cc1NC(=O)CC(C)N. The van der Waals surface area contributed by atoms with Crippen molar-refractivity contribution in [1.82, 2.24) is 0 Å². The third-order valence-electron chi connectivity index (χ3n) is 2.28. The van der Waals surface area contributed by atoms with E-state index in [-0.39, 0.29) is 29.0 Å². The summed E-state index contributed by atoms with van der Waals surface area (Å²) in [5.41, 5.74) is 5.74. The van der Waals surface area contributed by atoms with Crippen LogP contribution < -0.4 is 20.9 Å². The number of nitrogens with one attached hydrogen (secondary N) is 1. The fraction of sp³-hybridized carbons (Fsp3) is 0.364. The van der Waals surface area contributed by atoms with Crippen molar-refractivity contribution in [2.24, 2.45) is 10.9 Å². The molecule has 0 aliphatic heterocycles. The van der Waals surface area contributed by atoms with E-state index in [4.69, 9.17) is 15.6 Å². The Morgan fingerprint density at radius 1 is 1.47 bits per heavy atom. The Morgan fingerprint density at radius 2 is 2.11 bits per heavy atom. The number of hydrogen-bond donors (Lipinski definition) is 3. The Balaban J connectivity index is 3.07. The Morgan fingerprint density at radius 3 is 2.58 bits per heavy atom. The number of amides is 1. The first kappa shape index (κ1) is 15.4. The monoisotopic (exact) mass is 287 g/mol. The van der Waals surface area contributed by atoms with Crippen molar-refractivity contribution in [3.63, 3.8) is 0 Å². The van der Waals surface area contributed by atoms with Gasteiger partial charge in [0, 0.05) is 12.5 Å². The highest BCUT2D eigenvalue weighted by Gasteiger charge is 2.14. The molecule has 0 aliphatic rings. The minimum absolute atomic E-state index is 0.107. The van der Waals surface area contributed by atoms with Crippen LogP contribution in [0.15, 0.2) is 23.1 Å². The lowest BCUT2D eigenvalue weighted by Gasteiger charge is -2.12. The molecule has 1 aromatic rings. The lowest BCUT2D eigenvalue weighted by molar-refractivity contribution is -0.116. The normalized spacial score (nSPS) is 12.8. The number of methoxy groups -OCH3 is 1. The average molecular weight is 287 g/mol. The van der Waals surface area contributed by atoms with Gasteiger partial charge in [-0.2, -0.15) is 0 Å². The molecule has 1 rings (SSSR count). The highest BCUT2D eigenvalue weighted by atomic mass is 32.2. The van der Waals surface area contributed by atoms with Gasteiger partial charge in [-0.25, -0.2) is 13.6 Å². The van der Waals surface area contributed by atoms with Crippen LogP contribution in [0.4, 0.5) is 5.69 Å². The van der Waals surface area contributed by atoms with Crippen LogP contribution in [0.3, 0.4) is 0 Å². The summed E-state index contributed by atoms with van der Waals surface area (Å²) in [5, 5.41) is 7.57. The van der Waals surface area contributed by atoms with Gasteiger partial charge >= 0.3 is 0 Å². The molecule has 1 amide bonds. The van der Waals surface area contributed by atoms with Crippen LogP contribution in [0.25, 0.3) is 0 Å². The van der Waals surface area contributed by atoms with Gasteiger partial charge in [-0.1, -0.05) is 0 Å². The minimum atomic E-state index is -3.84. The first-order chi connectivity index (χ1) is 8.74. The second-order valence-electron chi connectivity index (χ2n) is 4.14. The van der Waals surface area contributed by atoms with Crippen LogP contribution in [0.2, 0.25) is 0 Å². The van der Waals surface area contributed by atoms with E-state index in [0.29, 0.717) is 5.75 Å². The number of anilines is 1. The average Bonchev–Trinajstić information content (AvgIpc) is 2.26. The number of hydrogen-bond acceptors (Lipinski definition) is 5. The van der Waals surface area contributed by atoms with E-state index in [1.54, 1.807) is 6.92 Å². The van der Waals surface area contributed by atoms with Gasteiger partial charge < -0.3 is 15.8 Å². The predicted octanol–water partition coefficient (Wildman–Crippen LogP) is 0.0184. The Hall–Kier alpha value is -1.64. The number of benzene rings is 1. The topological polar surface area (TPSA) is 125 Å². The highest BCUT2D eigenvalue weighted by molar-refractivity contribution is 7.89. The fourth-order valence-electron chi connectivity index (χ4n) is 1.46. The quantitative estimate of drug-likeness (QED) is 0.704. The molecule has 0 aliphatic carbocycles. The van der Waals surface area contributed by atoms with Crippen LogP contribution in [-0.4, -0.2) is 27.5 Å². The summed E-state index contributed by atoms with van der Waals surface area (Å²) in [6.45, 7) is 1.69. The molecule has 0 fully saturated rings. The summed E-state index contributed by atoms with van der Waals surface area (Å²) in [6.07, 6.45) is 0.114. The highest BCUT2D eigenvalue weighted by Crippen LogP contribution is 2.27. The Kier molecular flexibility index (Phi) is 4.87. The lowest BCUT2D eigenvalue weighted by Crippen LogP contribution is -2.24. The standard InChI is InChI=1S/C11H17N3O4S/c1-7(12)5-11(15)14-9-6-8(19(13,16)17)3-4-10(9)18-2/h3-4,6-7H,5,12H2,1-2H3,(H,14,15)(H2,13,16,17). The zero-order valence-corrected chi connectivity index (χ0v) is 11.5. The molecule has 0 saturated heterocycles. The molecule has 7 nitrogen and oxygen atoms in total. The minimum Gasteiger partial charge on any atom is -0.495 e. The summed E-state index contributed by atoms with van der Waals surface area (Å²) in [4.78, 5) is 11.5. The van der Waals surface area contributed by atoms with Crippen LogP contribution in [-0.2, 0) is 14.8 Å². The van der Waals surface area contributed by atoms with E-state index in [1.165, 1.54) is 25.3 Å². The summed E-state index contributed by atoms with van der Waals surface area (Å²) < 4.78 is 27.5. The first-order valence-electron chi connectivity index (χ1n) is 5.50. The Labute approximate surface area is 112 Å². The van der Waals surface area contributed by atoms with Crippen LogP contribution >= 0.6 is 0 Å². The van der Waals surface area contributed by atoms with Gasteiger partial charge in [0.2, 0.25) is 15.9 Å². The summed E-state index contributed by atoms with van der Waals surface area (Å²) >= 11 is 0. The summed E-state index contributed by atoms with van der Waals surface area (Å²) in [7, 11) is -2.43. The van der Waals surface area contributed by atoms with Gasteiger partial charge in [0.05, 0.1) is 17.7 Å². The van der Waals surface area contributed by atoms with Crippen molar-refractivity contribution in [3.8, 4) is 5.75 Å². The Bertz CT molecular complexity index is 569. The van der Waals surface area contributed by atoms with E-state index in [0.717, 1.165) is 0 Å². The van der Waals surface area contributed by atoms with E-state index >= 15 is 0 Å². The van der Waals surface area contributed by atoms with E-state index in [9.17, 15) is 13.2 Å². The molecule has 1 aromatic carbocycles. The summed E-state index contributed by atoms with van der Waals surface area (Å²) in [5.74, 6) is 0.00490. The number of carbonyl (C=O) groups is 1. The number of sulfonamides is 1. The molecule has 0 saturated carbocycles. The van der Waals surface area contributed by atoms with Gasteiger partial charge in [0.1, 0.15) is 5.75 Å². The van der Waals surface area contributed by atoms with E-state index in [1.807, 2.05) is 0 Å². The molecular weight excluding hydrogens is 270 g/mol. The largest absolute Gasteiger partial charge is 0.495 e. The predicted molar refractivity (Wildman–Crippen MR) is 71.3 cm³/mol. The molecule has 5 N–H and O–H groups in total. The van der Waals surface area contributed by atoms with Crippen molar-refractivity contribution in [2.75, 3.05) is 12.4 Å². The van der Waals surface area contributed by atoms with Gasteiger partial charge in [-0.3, -0.25) is 4.79 Å². The van der Waals surface area contributed by atoms with Crippen molar-refractivity contribution in [3.05, 3.63) is 18.2 Å². The van der Waals surface area contributed by atoms with Gasteiger partial charge in [0.25, 0.3) is 0 Å². The van der Waals surface area contributed by atoms with Gasteiger partial charge in [0.15, 0.2) is 0 Å². The molecule has 0 heterocycles. The maximum atomic E-state index is 11.6. The number of rotatable bonds is 5. The van der Waals surface area contributed by atoms with Crippen molar-refractivity contribution in [1.29, 1.82) is 0 Å². The van der Waals surface area contributed by atoms with Crippen LogP contribution in [0, 0.1) is 0 Å². The van der Waals surface area contributed by atoms with Crippen LogP contribution in [0.1, 0.15) is 13.3 Å². The second kappa shape index (κ2) is 6.00. The van der Waals surface area contributed by atoms with E-state index in [2.05, 4.69) is 5.32 Å². The number of nitrogens with two attached hydrogens (primary N) is 2. The number of ether oxygens (including phenoxy) is 1. The molecule has 0 radical (unpaired) electrons.